The van der Waals surface area contributed by atoms with E-state index in [1.54, 1.807) is 12.4 Å². The molecule has 0 saturated heterocycles. The van der Waals surface area contributed by atoms with Crippen molar-refractivity contribution in [2.24, 2.45) is 0 Å². The fourth-order valence-corrected chi connectivity index (χ4v) is 1.87. The smallest absolute Gasteiger partial charge is 0.144 e. The van der Waals surface area contributed by atoms with E-state index in [9.17, 15) is 0 Å². The molecule has 0 spiro atoms. The van der Waals surface area contributed by atoms with Gasteiger partial charge in [0.1, 0.15) is 18.2 Å². The first-order chi connectivity index (χ1) is 9.20. The molecule has 0 aliphatic rings. The molecule has 1 aromatic carbocycles. The molecule has 1 aromatic heterocycles. The van der Waals surface area contributed by atoms with Crippen molar-refractivity contribution in [3.63, 3.8) is 0 Å². The third kappa shape index (κ3) is 3.44. The predicted molar refractivity (Wildman–Crippen MR) is 76.4 cm³/mol. The minimum absolute atomic E-state index is 0.436. The van der Waals surface area contributed by atoms with Gasteiger partial charge >= 0.3 is 0 Å². The summed E-state index contributed by atoms with van der Waals surface area (Å²) in [5, 5.41) is 3.11. The Morgan fingerprint density at radius 3 is 2.42 bits per heavy atom. The summed E-state index contributed by atoms with van der Waals surface area (Å²) in [6, 6.07) is 6.12. The van der Waals surface area contributed by atoms with Crippen LogP contribution in [0.2, 0.25) is 0 Å². The topological polar surface area (TPSA) is 47.0 Å². The van der Waals surface area contributed by atoms with Crippen molar-refractivity contribution < 1.29 is 4.74 Å². The van der Waals surface area contributed by atoms with E-state index < -0.39 is 0 Å². The number of ether oxygens (including phenoxy) is 1. The zero-order valence-corrected chi connectivity index (χ0v) is 11.6. The number of benzene rings is 1. The standard InChI is InChI=1S/C15H19N3O/c1-4-16-14-9-17-13(8-18-14)10-19-15-11(2)6-5-7-12(15)3/h5-9H,4,10H2,1-3H3,(H,16,18). The number of aryl methyl sites for hydroxylation is 2. The molecular weight excluding hydrogens is 238 g/mol. The van der Waals surface area contributed by atoms with E-state index in [1.165, 1.54) is 0 Å². The first kappa shape index (κ1) is 13.3. The van der Waals surface area contributed by atoms with Crippen molar-refractivity contribution in [2.75, 3.05) is 11.9 Å². The Kier molecular flexibility index (Phi) is 4.34. The molecule has 0 aliphatic carbocycles. The Morgan fingerprint density at radius 2 is 1.84 bits per heavy atom. The maximum absolute atomic E-state index is 5.83. The third-order valence-electron chi connectivity index (χ3n) is 2.84. The molecule has 4 heteroatoms. The molecule has 4 nitrogen and oxygen atoms in total. The summed E-state index contributed by atoms with van der Waals surface area (Å²) in [5.74, 6) is 1.72. The van der Waals surface area contributed by atoms with E-state index in [0.717, 1.165) is 34.9 Å². The second kappa shape index (κ2) is 6.18. The number of nitrogens with one attached hydrogen (secondary N) is 1. The molecule has 0 radical (unpaired) electrons. The maximum atomic E-state index is 5.83. The average Bonchev–Trinajstić information content (AvgIpc) is 2.40. The van der Waals surface area contributed by atoms with Crippen molar-refractivity contribution in [1.82, 2.24) is 9.97 Å². The van der Waals surface area contributed by atoms with Crippen LogP contribution in [0.4, 0.5) is 5.82 Å². The van der Waals surface area contributed by atoms with E-state index in [1.807, 2.05) is 39.0 Å². The van der Waals surface area contributed by atoms with Crippen molar-refractivity contribution in [2.45, 2.75) is 27.4 Å². The van der Waals surface area contributed by atoms with Crippen LogP contribution >= 0.6 is 0 Å². The van der Waals surface area contributed by atoms with Crippen LogP contribution in [0.15, 0.2) is 30.6 Å². The monoisotopic (exact) mass is 257 g/mol. The van der Waals surface area contributed by atoms with Crippen LogP contribution in [0.5, 0.6) is 5.75 Å². The highest BCUT2D eigenvalue weighted by atomic mass is 16.5. The predicted octanol–water partition coefficient (Wildman–Crippen LogP) is 3.10. The van der Waals surface area contributed by atoms with Gasteiger partial charge in [-0.2, -0.15) is 0 Å². The molecule has 1 heterocycles. The Balaban J connectivity index is 2.02. The molecule has 100 valence electrons. The van der Waals surface area contributed by atoms with E-state index in [2.05, 4.69) is 15.3 Å². The van der Waals surface area contributed by atoms with E-state index >= 15 is 0 Å². The Hall–Kier alpha value is -2.10. The number of anilines is 1. The quantitative estimate of drug-likeness (QED) is 0.894. The molecule has 0 unspecified atom stereocenters. The molecule has 0 fully saturated rings. The zero-order valence-electron chi connectivity index (χ0n) is 11.6. The molecule has 2 aromatic rings. The molecule has 2 rings (SSSR count). The number of nitrogens with zero attached hydrogens (tertiary/aromatic N) is 2. The zero-order chi connectivity index (χ0) is 13.7. The van der Waals surface area contributed by atoms with Gasteiger partial charge < -0.3 is 10.1 Å². The number of rotatable bonds is 5. The van der Waals surface area contributed by atoms with Gasteiger partial charge in [0.05, 0.1) is 18.1 Å². The van der Waals surface area contributed by atoms with E-state index in [4.69, 9.17) is 4.74 Å². The summed E-state index contributed by atoms with van der Waals surface area (Å²) >= 11 is 0. The van der Waals surface area contributed by atoms with E-state index in [-0.39, 0.29) is 0 Å². The van der Waals surface area contributed by atoms with Crippen LogP contribution in [0.3, 0.4) is 0 Å². The highest BCUT2D eigenvalue weighted by molar-refractivity contribution is 5.39. The number of hydrogen-bond donors (Lipinski definition) is 1. The molecule has 19 heavy (non-hydrogen) atoms. The molecule has 0 atom stereocenters. The van der Waals surface area contributed by atoms with Crippen LogP contribution in [-0.2, 0) is 6.61 Å². The van der Waals surface area contributed by atoms with Gasteiger partial charge in [-0.15, -0.1) is 0 Å². The van der Waals surface area contributed by atoms with Crippen molar-refractivity contribution in [3.05, 3.63) is 47.4 Å². The second-order valence-electron chi connectivity index (χ2n) is 4.43. The minimum Gasteiger partial charge on any atom is -0.487 e. The van der Waals surface area contributed by atoms with Gasteiger partial charge in [0.2, 0.25) is 0 Å². The number of para-hydroxylation sites is 1. The van der Waals surface area contributed by atoms with Gasteiger partial charge in [0.25, 0.3) is 0 Å². The molecular formula is C15H19N3O. The summed E-state index contributed by atoms with van der Waals surface area (Å²) in [6.45, 7) is 7.39. The van der Waals surface area contributed by atoms with Crippen LogP contribution in [0, 0.1) is 13.8 Å². The maximum Gasteiger partial charge on any atom is 0.144 e. The highest BCUT2D eigenvalue weighted by Gasteiger charge is 2.04. The van der Waals surface area contributed by atoms with Gasteiger partial charge in [0, 0.05) is 6.54 Å². The van der Waals surface area contributed by atoms with Crippen molar-refractivity contribution in [3.8, 4) is 5.75 Å². The largest absolute Gasteiger partial charge is 0.487 e. The molecule has 1 N–H and O–H groups in total. The first-order valence-corrected chi connectivity index (χ1v) is 6.44. The summed E-state index contributed by atoms with van der Waals surface area (Å²) in [4.78, 5) is 8.59. The highest BCUT2D eigenvalue weighted by Crippen LogP contribution is 2.23. The molecule has 0 aliphatic heterocycles. The Bertz CT molecular complexity index is 517. The summed E-state index contributed by atoms with van der Waals surface area (Å²) in [5.41, 5.74) is 3.10. The van der Waals surface area contributed by atoms with Gasteiger partial charge in [0.15, 0.2) is 0 Å². The molecule has 0 bridgehead atoms. The summed E-state index contributed by atoms with van der Waals surface area (Å²) in [7, 11) is 0. The van der Waals surface area contributed by atoms with Crippen molar-refractivity contribution in [1.29, 1.82) is 0 Å². The number of aromatic nitrogens is 2. The summed E-state index contributed by atoms with van der Waals surface area (Å²) < 4.78 is 5.83. The van der Waals surface area contributed by atoms with Gasteiger partial charge in [-0.1, -0.05) is 18.2 Å². The Labute approximate surface area is 113 Å². The molecule has 0 amide bonds. The Morgan fingerprint density at radius 1 is 1.11 bits per heavy atom. The van der Waals surface area contributed by atoms with Crippen LogP contribution in [0.1, 0.15) is 23.7 Å². The second-order valence-corrected chi connectivity index (χ2v) is 4.43. The van der Waals surface area contributed by atoms with Crippen molar-refractivity contribution >= 4 is 5.82 Å². The first-order valence-electron chi connectivity index (χ1n) is 6.44. The van der Waals surface area contributed by atoms with Crippen LogP contribution in [0.25, 0.3) is 0 Å². The fraction of sp³-hybridized carbons (Fsp3) is 0.333. The lowest BCUT2D eigenvalue weighted by Crippen LogP contribution is -2.04. The molecule has 0 saturated carbocycles. The fourth-order valence-electron chi connectivity index (χ4n) is 1.87. The number of hydrogen-bond acceptors (Lipinski definition) is 4. The normalized spacial score (nSPS) is 10.3. The van der Waals surface area contributed by atoms with Gasteiger partial charge in [-0.05, 0) is 31.9 Å². The van der Waals surface area contributed by atoms with Crippen LogP contribution < -0.4 is 10.1 Å². The van der Waals surface area contributed by atoms with Crippen LogP contribution in [-0.4, -0.2) is 16.5 Å². The lowest BCUT2D eigenvalue weighted by atomic mass is 10.1. The summed E-state index contributed by atoms with van der Waals surface area (Å²) in [6.07, 6.45) is 3.47. The van der Waals surface area contributed by atoms with Gasteiger partial charge in [-0.3, -0.25) is 4.98 Å². The van der Waals surface area contributed by atoms with E-state index in [0.29, 0.717) is 6.61 Å². The lowest BCUT2D eigenvalue weighted by molar-refractivity contribution is 0.296. The average molecular weight is 257 g/mol. The lowest BCUT2D eigenvalue weighted by Gasteiger charge is -2.11. The van der Waals surface area contributed by atoms with Gasteiger partial charge in [-0.25, -0.2) is 4.98 Å². The SMILES string of the molecule is CCNc1cnc(COc2c(C)cccc2C)cn1. The minimum atomic E-state index is 0.436. The third-order valence-corrected chi connectivity index (χ3v) is 2.84.